The molecule has 29 heavy (non-hydrogen) atoms. The van der Waals surface area contributed by atoms with E-state index in [0.29, 0.717) is 6.54 Å². The van der Waals surface area contributed by atoms with Crippen molar-refractivity contribution in [1.82, 2.24) is 10.6 Å². The molecular weight excluding hydrogens is 495 g/mol. The van der Waals surface area contributed by atoms with Gasteiger partial charge in [-0.2, -0.15) is 0 Å². The molecule has 0 atom stereocenters. The minimum atomic E-state index is 0. The molecule has 0 bridgehead atoms. The zero-order valence-electron chi connectivity index (χ0n) is 16.7. The monoisotopic (exact) mass is 524 g/mol. The smallest absolute Gasteiger partial charge is 0.227 e. The molecule has 0 saturated heterocycles. The topological polar surface area (TPSA) is 65.5 Å². The molecule has 0 spiro atoms. The van der Waals surface area contributed by atoms with Crippen LogP contribution in [-0.4, -0.2) is 31.2 Å². The van der Waals surface area contributed by atoms with Gasteiger partial charge in [0.15, 0.2) is 5.96 Å². The van der Waals surface area contributed by atoms with Crippen molar-refractivity contribution in [3.05, 3.63) is 60.2 Å². The van der Waals surface area contributed by atoms with E-state index in [4.69, 9.17) is 0 Å². The van der Waals surface area contributed by atoms with Crippen molar-refractivity contribution in [3.63, 3.8) is 0 Å². The number of hydrogen-bond donors (Lipinski definition) is 3. The first-order valence-electron chi connectivity index (χ1n) is 9.77. The number of carbonyl (C=O) groups is 1. The van der Waals surface area contributed by atoms with Crippen LogP contribution >= 0.6 is 35.7 Å². The summed E-state index contributed by atoms with van der Waals surface area (Å²) in [4.78, 5) is 17.7. The van der Waals surface area contributed by atoms with Crippen molar-refractivity contribution >= 4 is 53.3 Å². The molecule has 0 aliphatic heterocycles. The van der Waals surface area contributed by atoms with Crippen LogP contribution in [0.5, 0.6) is 0 Å². The van der Waals surface area contributed by atoms with Crippen LogP contribution in [0.4, 0.5) is 5.69 Å². The van der Waals surface area contributed by atoms with Crippen molar-refractivity contribution < 1.29 is 4.79 Å². The number of anilines is 1. The zero-order chi connectivity index (χ0) is 19.6. The van der Waals surface area contributed by atoms with Gasteiger partial charge in [0, 0.05) is 42.4 Å². The molecule has 0 aromatic heterocycles. The average molecular weight is 524 g/mol. The number of nitrogens with zero attached hydrogens (tertiary/aromatic N) is 1. The second-order valence-corrected chi connectivity index (χ2v) is 8.00. The van der Waals surface area contributed by atoms with Gasteiger partial charge in [-0.25, -0.2) is 0 Å². The first kappa shape index (κ1) is 23.5. The van der Waals surface area contributed by atoms with E-state index in [2.05, 4.69) is 45.2 Å². The molecule has 2 aromatic rings. The number of hydrogen-bond acceptors (Lipinski definition) is 3. The Labute approximate surface area is 194 Å². The third-order valence-corrected chi connectivity index (χ3v) is 5.77. The second-order valence-electron chi connectivity index (χ2n) is 6.83. The Balaban J connectivity index is 0.00000300. The first-order chi connectivity index (χ1) is 13.7. The van der Waals surface area contributed by atoms with Crippen LogP contribution in [0, 0.1) is 5.92 Å². The SMILES string of the molecule is CN=C(NCCSc1ccccc1)NCc1cccc(NC(=O)C2CCC2)c1.I. The highest BCUT2D eigenvalue weighted by molar-refractivity contribution is 14.0. The van der Waals surface area contributed by atoms with E-state index >= 15 is 0 Å². The second kappa shape index (κ2) is 12.7. The molecule has 7 heteroatoms. The molecule has 0 radical (unpaired) electrons. The van der Waals surface area contributed by atoms with Crippen molar-refractivity contribution in [1.29, 1.82) is 0 Å². The third kappa shape index (κ3) is 7.89. The molecule has 1 saturated carbocycles. The quantitative estimate of drug-likeness (QED) is 0.157. The van der Waals surface area contributed by atoms with E-state index in [-0.39, 0.29) is 35.8 Å². The molecule has 5 nitrogen and oxygen atoms in total. The van der Waals surface area contributed by atoms with Gasteiger partial charge in [-0.1, -0.05) is 36.8 Å². The summed E-state index contributed by atoms with van der Waals surface area (Å²) in [5.74, 6) is 2.08. The van der Waals surface area contributed by atoms with E-state index in [1.807, 2.05) is 42.1 Å². The Bertz CT molecular complexity index is 796. The highest BCUT2D eigenvalue weighted by Crippen LogP contribution is 2.27. The van der Waals surface area contributed by atoms with Crippen LogP contribution < -0.4 is 16.0 Å². The molecular formula is C22H29IN4OS. The van der Waals surface area contributed by atoms with Gasteiger partial charge in [-0.3, -0.25) is 9.79 Å². The zero-order valence-corrected chi connectivity index (χ0v) is 19.8. The lowest BCUT2D eigenvalue weighted by atomic mass is 9.85. The summed E-state index contributed by atoms with van der Waals surface area (Å²) in [6, 6.07) is 18.4. The van der Waals surface area contributed by atoms with E-state index in [1.54, 1.807) is 7.05 Å². The molecule has 1 aliphatic rings. The number of nitrogens with one attached hydrogen (secondary N) is 3. The summed E-state index contributed by atoms with van der Waals surface area (Å²) < 4.78 is 0. The fourth-order valence-corrected chi connectivity index (χ4v) is 3.72. The molecule has 1 aliphatic carbocycles. The van der Waals surface area contributed by atoms with Gasteiger partial charge >= 0.3 is 0 Å². The number of rotatable bonds is 8. The van der Waals surface area contributed by atoms with Gasteiger partial charge in [0.25, 0.3) is 0 Å². The number of benzene rings is 2. The van der Waals surface area contributed by atoms with Crippen LogP contribution in [0.3, 0.4) is 0 Å². The highest BCUT2D eigenvalue weighted by atomic mass is 127. The largest absolute Gasteiger partial charge is 0.356 e. The van der Waals surface area contributed by atoms with Crippen LogP contribution in [-0.2, 0) is 11.3 Å². The Kier molecular flexibility index (Phi) is 10.3. The van der Waals surface area contributed by atoms with Gasteiger partial charge in [0.2, 0.25) is 5.91 Å². The Morgan fingerprint density at radius 2 is 1.90 bits per heavy atom. The number of aliphatic imine (C=N–C) groups is 1. The van der Waals surface area contributed by atoms with Crippen molar-refractivity contribution in [2.75, 3.05) is 24.7 Å². The van der Waals surface area contributed by atoms with Crippen LogP contribution in [0.1, 0.15) is 24.8 Å². The van der Waals surface area contributed by atoms with Gasteiger partial charge in [-0.15, -0.1) is 35.7 Å². The molecule has 0 unspecified atom stereocenters. The summed E-state index contributed by atoms with van der Waals surface area (Å²) in [5, 5.41) is 9.69. The summed E-state index contributed by atoms with van der Waals surface area (Å²) in [6.45, 7) is 1.48. The lowest BCUT2D eigenvalue weighted by molar-refractivity contribution is -0.122. The summed E-state index contributed by atoms with van der Waals surface area (Å²) in [5.41, 5.74) is 1.96. The predicted molar refractivity (Wildman–Crippen MR) is 133 cm³/mol. The lowest BCUT2D eigenvalue weighted by Gasteiger charge is -2.24. The van der Waals surface area contributed by atoms with E-state index in [0.717, 1.165) is 48.8 Å². The van der Waals surface area contributed by atoms with Gasteiger partial charge in [0.1, 0.15) is 0 Å². The van der Waals surface area contributed by atoms with Crippen LogP contribution in [0.25, 0.3) is 0 Å². The van der Waals surface area contributed by atoms with Gasteiger partial charge in [-0.05, 0) is 42.7 Å². The normalized spacial score (nSPS) is 13.8. The molecule has 1 fully saturated rings. The molecule has 2 aromatic carbocycles. The predicted octanol–water partition coefficient (Wildman–Crippen LogP) is 4.50. The first-order valence-corrected chi connectivity index (χ1v) is 10.8. The minimum Gasteiger partial charge on any atom is -0.356 e. The standard InChI is InChI=1S/C22H28N4OS.HI/c1-23-22(24-13-14-28-20-11-3-2-4-12-20)25-16-17-7-5-10-19(15-17)26-21(27)18-8-6-9-18;/h2-5,7,10-12,15,18H,6,8-9,13-14,16H2,1H3,(H,26,27)(H2,23,24,25);1H. The molecule has 0 heterocycles. The van der Waals surface area contributed by atoms with Crippen LogP contribution in [0.15, 0.2) is 64.5 Å². The molecule has 156 valence electrons. The van der Waals surface area contributed by atoms with E-state index in [1.165, 1.54) is 4.90 Å². The number of amides is 1. The summed E-state index contributed by atoms with van der Waals surface area (Å²) >= 11 is 1.82. The number of carbonyl (C=O) groups excluding carboxylic acids is 1. The number of halogens is 1. The summed E-state index contributed by atoms with van der Waals surface area (Å²) in [6.07, 6.45) is 3.19. The van der Waals surface area contributed by atoms with Crippen molar-refractivity contribution in [2.24, 2.45) is 10.9 Å². The maximum atomic E-state index is 12.1. The van der Waals surface area contributed by atoms with Crippen molar-refractivity contribution in [3.8, 4) is 0 Å². The third-order valence-electron chi connectivity index (χ3n) is 4.76. The van der Waals surface area contributed by atoms with E-state index < -0.39 is 0 Å². The molecule has 1 amide bonds. The number of guanidine groups is 1. The molecule has 3 rings (SSSR count). The number of thioether (sulfide) groups is 1. The fraction of sp³-hybridized carbons (Fsp3) is 0.364. The maximum absolute atomic E-state index is 12.1. The van der Waals surface area contributed by atoms with Gasteiger partial charge in [0.05, 0.1) is 0 Å². The average Bonchev–Trinajstić information content (AvgIpc) is 2.67. The van der Waals surface area contributed by atoms with Crippen LogP contribution in [0.2, 0.25) is 0 Å². The Morgan fingerprint density at radius 1 is 1.10 bits per heavy atom. The van der Waals surface area contributed by atoms with Crippen molar-refractivity contribution in [2.45, 2.75) is 30.7 Å². The highest BCUT2D eigenvalue weighted by Gasteiger charge is 2.25. The fourth-order valence-electron chi connectivity index (χ4n) is 2.94. The lowest BCUT2D eigenvalue weighted by Crippen LogP contribution is -2.37. The minimum absolute atomic E-state index is 0. The Morgan fingerprint density at radius 3 is 2.59 bits per heavy atom. The van der Waals surface area contributed by atoms with E-state index in [9.17, 15) is 4.79 Å². The summed E-state index contributed by atoms with van der Waals surface area (Å²) in [7, 11) is 1.77. The van der Waals surface area contributed by atoms with Gasteiger partial charge < -0.3 is 16.0 Å². The maximum Gasteiger partial charge on any atom is 0.227 e. The Hall–Kier alpha value is -1.74. The molecule has 3 N–H and O–H groups in total.